The van der Waals surface area contributed by atoms with Crippen LogP contribution in [0.15, 0.2) is 0 Å². The SMILES string of the molecule is CCCCCCCCCCCCCCCCCCCCCCCCCC(=O)OC(COCCCCCCCCCCCCCCCCC)COP(=O)(O)OCC(N)C(=O)O. The summed E-state index contributed by atoms with van der Waals surface area (Å²) in [7, 11) is -4.61. The summed E-state index contributed by atoms with van der Waals surface area (Å²) in [4.78, 5) is 33.7. The average Bonchev–Trinajstić information content (AvgIpc) is 3.23. The molecule has 0 aromatic rings. The second-order valence-electron chi connectivity index (χ2n) is 17.7. The molecule has 0 radical (unpaired) electrons. The smallest absolute Gasteiger partial charge is 0.472 e. The Balaban J connectivity index is 4.05. The number of ether oxygens (including phenoxy) is 2. The summed E-state index contributed by atoms with van der Waals surface area (Å²) in [6.45, 7) is 3.95. The van der Waals surface area contributed by atoms with Crippen LogP contribution >= 0.6 is 7.82 Å². The third-order valence-electron chi connectivity index (χ3n) is 11.6. The summed E-state index contributed by atoms with van der Waals surface area (Å²) in [5.74, 6) is -1.76. The van der Waals surface area contributed by atoms with Crippen LogP contribution in [0, 0.1) is 0 Å². The van der Waals surface area contributed by atoms with Gasteiger partial charge >= 0.3 is 19.8 Å². The third kappa shape index (κ3) is 45.0. The standard InChI is InChI=1S/C49H98NO9P/c1-3-5-7-9-11-13-15-17-19-20-21-22-23-24-25-26-27-29-31-33-35-37-39-41-48(51)59-46(44-57-60(54,55)58-45-47(50)49(52)53)43-56-42-40-38-36-34-32-30-28-18-16-14-12-10-8-6-4-2/h46-47H,3-45,50H2,1-2H3,(H,52,53)(H,54,55). The molecule has 3 unspecified atom stereocenters. The number of carbonyl (C=O) groups excluding carboxylic acids is 1. The van der Waals surface area contributed by atoms with Crippen LogP contribution in [0.5, 0.6) is 0 Å². The zero-order valence-corrected chi connectivity index (χ0v) is 40.2. The molecule has 0 aliphatic heterocycles. The van der Waals surface area contributed by atoms with E-state index in [1.54, 1.807) is 0 Å². The van der Waals surface area contributed by atoms with Crippen molar-refractivity contribution in [1.82, 2.24) is 0 Å². The summed E-state index contributed by atoms with van der Waals surface area (Å²) < 4.78 is 33.5. The Morgan fingerprint density at radius 1 is 0.467 bits per heavy atom. The van der Waals surface area contributed by atoms with Crippen LogP contribution in [0.4, 0.5) is 0 Å². The lowest BCUT2D eigenvalue weighted by Gasteiger charge is -2.20. The van der Waals surface area contributed by atoms with Crippen LogP contribution in [0.2, 0.25) is 0 Å². The number of carboxylic acids is 1. The maximum absolute atomic E-state index is 12.7. The molecule has 0 spiro atoms. The highest BCUT2D eigenvalue weighted by atomic mass is 31.2. The number of hydrogen-bond donors (Lipinski definition) is 3. The van der Waals surface area contributed by atoms with Gasteiger partial charge in [-0.05, 0) is 12.8 Å². The first-order chi connectivity index (χ1) is 29.2. The van der Waals surface area contributed by atoms with Crippen molar-refractivity contribution in [3.05, 3.63) is 0 Å². The monoisotopic (exact) mass is 876 g/mol. The number of esters is 1. The molecular formula is C49H98NO9P. The molecule has 0 heterocycles. The molecule has 358 valence electrons. The number of carboxylic acid groups (broad SMARTS) is 1. The number of rotatable bonds is 50. The normalized spacial score (nSPS) is 13.7. The quantitative estimate of drug-likeness (QED) is 0.0306. The average molecular weight is 876 g/mol. The van der Waals surface area contributed by atoms with Gasteiger partial charge < -0.3 is 25.2 Å². The Hall–Kier alpha value is -1.03. The van der Waals surface area contributed by atoms with E-state index in [4.69, 9.17) is 29.4 Å². The van der Waals surface area contributed by atoms with E-state index in [1.807, 2.05) is 0 Å². The van der Waals surface area contributed by atoms with Gasteiger partial charge in [-0.25, -0.2) is 4.57 Å². The lowest BCUT2D eigenvalue weighted by molar-refractivity contribution is -0.154. The van der Waals surface area contributed by atoms with Crippen molar-refractivity contribution in [2.45, 2.75) is 276 Å². The first-order valence-electron chi connectivity index (χ1n) is 25.6. The molecule has 0 aromatic heterocycles. The summed E-state index contributed by atoms with van der Waals surface area (Å²) >= 11 is 0. The van der Waals surface area contributed by atoms with Gasteiger partial charge in [0.1, 0.15) is 12.1 Å². The van der Waals surface area contributed by atoms with E-state index in [9.17, 15) is 19.0 Å². The summed E-state index contributed by atoms with van der Waals surface area (Å²) in [5, 5.41) is 8.92. The Morgan fingerprint density at radius 3 is 1.10 bits per heavy atom. The topological polar surface area (TPSA) is 155 Å². The van der Waals surface area contributed by atoms with Gasteiger partial charge in [0.05, 0.1) is 19.8 Å². The summed E-state index contributed by atoms with van der Waals surface area (Å²) in [6.07, 6.45) is 48.8. The first-order valence-corrected chi connectivity index (χ1v) is 27.1. The highest BCUT2D eigenvalue weighted by Gasteiger charge is 2.27. The van der Waals surface area contributed by atoms with Crippen LogP contribution in [-0.4, -0.2) is 60.5 Å². The molecule has 4 N–H and O–H groups in total. The molecule has 0 aliphatic rings. The van der Waals surface area contributed by atoms with Crippen molar-refractivity contribution in [2.24, 2.45) is 5.73 Å². The molecular weight excluding hydrogens is 778 g/mol. The molecule has 11 heteroatoms. The van der Waals surface area contributed by atoms with E-state index in [0.717, 1.165) is 38.5 Å². The van der Waals surface area contributed by atoms with Gasteiger partial charge in [0.15, 0.2) is 0 Å². The van der Waals surface area contributed by atoms with Gasteiger partial charge in [-0.15, -0.1) is 0 Å². The van der Waals surface area contributed by atoms with Crippen molar-refractivity contribution in [3.8, 4) is 0 Å². The summed E-state index contributed by atoms with van der Waals surface area (Å²) in [6, 6.07) is -1.47. The van der Waals surface area contributed by atoms with Crippen LogP contribution < -0.4 is 5.73 Å². The fourth-order valence-electron chi connectivity index (χ4n) is 7.67. The van der Waals surface area contributed by atoms with E-state index >= 15 is 0 Å². The van der Waals surface area contributed by atoms with Gasteiger partial charge in [-0.2, -0.15) is 0 Å². The van der Waals surface area contributed by atoms with Crippen molar-refractivity contribution >= 4 is 19.8 Å². The van der Waals surface area contributed by atoms with Crippen LogP contribution in [0.25, 0.3) is 0 Å². The number of phosphoric ester groups is 1. The number of nitrogens with two attached hydrogens (primary N) is 1. The van der Waals surface area contributed by atoms with E-state index in [1.165, 1.54) is 205 Å². The van der Waals surface area contributed by atoms with Crippen molar-refractivity contribution in [2.75, 3.05) is 26.4 Å². The zero-order chi connectivity index (χ0) is 44.0. The minimum absolute atomic E-state index is 0.0262. The Bertz CT molecular complexity index is 971. The second-order valence-corrected chi connectivity index (χ2v) is 19.1. The minimum atomic E-state index is -4.61. The minimum Gasteiger partial charge on any atom is -0.480 e. The van der Waals surface area contributed by atoms with Crippen molar-refractivity contribution in [3.63, 3.8) is 0 Å². The molecule has 0 aliphatic carbocycles. The summed E-state index contributed by atoms with van der Waals surface area (Å²) in [5.41, 5.74) is 5.37. The largest absolute Gasteiger partial charge is 0.480 e. The molecule has 0 fully saturated rings. The molecule has 10 nitrogen and oxygen atoms in total. The van der Waals surface area contributed by atoms with E-state index in [2.05, 4.69) is 13.8 Å². The van der Waals surface area contributed by atoms with Crippen LogP contribution in [0.3, 0.4) is 0 Å². The van der Waals surface area contributed by atoms with Gasteiger partial charge in [-0.3, -0.25) is 18.6 Å². The molecule has 60 heavy (non-hydrogen) atoms. The second kappa shape index (κ2) is 46.0. The van der Waals surface area contributed by atoms with Crippen LogP contribution in [-0.2, 0) is 32.7 Å². The lowest BCUT2D eigenvalue weighted by Crippen LogP contribution is -2.34. The van der Waals surface area contributed by atoms with E-state index < -0.39 is 45.1 Å². The Morgan fingerprint density at radius 2 is 0.767 bits per heavy atom. The molecule has 0 saturated heterocycles. The lowest BCUT2D eigenvalue weighted by atomic mass is 10.0. The molecule has 0 saturated carbocycles. The van der Waals surface area contributed by atoms with E-state index in [0.29, 0.717) is 6.61 Å². The maximum atomic E-state index is 12.7. The number of hydrogen-bond acceptors (Lipinski definition) is 8. The fourth-order valence-corrected chi connectivity index (χ4v) is 8.44. The predicted molar refractivity (Wildman–Crippen MR) is 249 cm³/mol. The van der Waals surface area contributed by atoms with Gasteiger partial charge in [0, 0.05) is 13.0 Å². The number of aliphatic carboxylic acids is 1. The Kier molecular flexibility index (Phi) is 45.2. The number of unbranched alkanes of at least 4 members (excludes halogenated alkanes) is 36. The number of phosphoric acid groups is 1. The molecule has 0 amide bonds. The van der Waals surface area contributed by atoms with Gasteiger partial charge in [-0.1, -0.05) is 245 Å². The highest BCUT2D eigenvalue weighted by Crippen LogP contribution is 2.43. The first kappa shape index (κ1) is 59.0. The van der Waals surface area contributed by atoms with E-state index in [-0.39, 0.29) is 13.0 Å². The van der Waals surface area contributed by atoms with Crippen molar-refractivity contribution < 1.29 is 42.7 Å². The van der Waals surface area contributed by atoms with Gasteiger partial charge in [0.2, 0.25) is 0 Å². The zero-order valence-electron chi connectivity index (χ0n) is 39.3. The molecule has 0 aromatic carbocycles. The molecule has 0 rings (SSSR count). The maximum Gasteiger partial charge on any atom is 0.472 e. The molecule has 3 atom stereocenters. The predicted octanol–water partition coefficient (Wildman–Crippen LogP) is 14.7. The Labute approximate surface area is 370 Å². The fraction of sp³-hybridized carbons (Fsp3) is 0.959. The van der Waals surface area contributed by atoms with Crippen molar-refractivity contribution in [1.29, 1.82) is 0 Å². The van der Waals surface area contributed by atoms with Gasteiger partial charge in [0.25, 0.3) is 0 Å². The van der Waals surface area contributed by atoms with Crippen LogP contribution in [0.1, 0.15) is 264 Å². The third-order valence-corrected chi connectivity index (χ3v) is 12.6. The number of carbonyl (C=O) groups is 2. The highest BCUT2D eigenvalue weighted by molar-refractivity contribution is 7.47. The molecule has 0 bridgehead atoms.